The highest BCUT2D eigenvalue weighted by atomic mass is 16.4. The van der Waals surface area contributed by atoms with Gasteiger partial charge in [0.1, 0.15) is 0 Å². The highest BCUT2D eigenvalue weighted by Gasteiger charge is 2.29. The van der Waals surface area contributed by atoms with E-state index in [0.717, 1.165) is 5.69 Å². The fourth-order valence-electron chi connectivity index (χ4n) is 1.52. The van der Waals surface area contributed by atoms with Crippen LogP contribution in [0.5, 0.6) is 0 Å². The minimum Gasteiger partial charge on any atom is -0.476 e. The number of H-pyrrole nitrogens is 1. The van der Waals surface area contributed by atoms with Crippen molar-refractivity contribution in [2.24, 2.45) is 0 Å². The summed E-state index contributed by atoms with van der Waals surface area (Å²) < 4.78 is 0. The zero-order valence-corrected chi connectivity index (χ0v) is 6.24. The van der Waals surface area contributed by atoms with E-state index in [1.807, 2.05) is 0 Å². The molecular weight excluding hydrogens is 160 g/mol. The molecule has 1 unspecified atom stereocenters. The maximum absolute atomic E-state index is 10.6. The third-order valence-electron chi connectivity index (χ3n) is 2.09. The number of aryl methyl sites for hydroxylation is 1. The summed E-state index contributed by atoms with van der Waals surface area (Å²) in [5, 5.41) is 24.2. The Kier molecular flexibility index (Phi) is 1.41. The van der Waals surface area contributed by atoms with E-state index in [1.54, 1.807) is 0 Å². The van der Waals surface area contributed by atoms with E-state index in [2.05, 4.69) is 10.2 Å². The Morgan fingerprint density at radius 3 is 3.08 bits per heavy atom. The summed E-state index contributed by atoms with van der Waals surface area (Å²) in [7, 11) is 0. The van der Waals surface area contributed by atoms with Crippen molar-refractivity contribution in [3.63, 3.8) is 0 Å². The molecular formula is C7H8N2O3. The van der Waals surface area contributed by atoms with Gasteiger partial charge in [0, 0.05) is 11.3 Å². The fraction of sp³-hybridized carbons (Fsp3) is 0.429. The summed E-state index contributed by atoms with van der Waals surface area (Å²) in [5.74, 6) is -1.09. The first-order chi connectivity index (χ1) is 5.70. The molecule has 1 heterocycles. The number of nitrogens with one attached hydrogen (secondary N) is 1. The lowest BCUT2D eigenvalue weighted by Crippen LogP contribution is -2.03. The van der Waals surface area contributed by atoms with Crippen LogP contribution < -0.4 is 0 Å². The molecule has 1 aromatic heterocycles. The Hall–Kier alpha value is -1.36. The van der Waals surface area contributed by atoms with Gasteiger partial charge in [-0.25, -0.2) is 4.79 Å². The maximum atomic E-state index is 10.6. The lowest BCUT2D eigenvalue weighted by Gasteiger charge is -1.99. The number of fused-ring (bicyclic) bond motifs is 1. The number of carboxylic acids is 1. The molecule has 0 spiro atoms. The first kappa shape index (κ1) is 7.30. The fourth-order valence-corrected chi connectivity index (χ4v) is 1.52. The van der Waals surface area contributed by atoms with Crippen LogP contribution in [0.2, 0.25) is 0 Å². The molecule has 5 nitrogen and oxygen atoms in total. The van der Waals surface area contributed by atoms with Crippen molar-refractivity contribution in [2.75, 3.05) is 0 Å². The van der Waals surface area contributed by atoms with E-state index < -0.39 is 12.1 Å². The number of carboxylic acid groups (broad SMARTS) is 1. The Labute approximate surface area is 68.0 Å². The molecule has 0 amide bonds. The molecule has 5 heteroatoms. The zero-order valence-electron chi connectivity index (χ0n) is 6.24. The molecule has 0 bridgehead atoms. The second kappa shape index (κ2) is 2.31. The van der Waals surface area contributed by atoms with E-state index in [4.69, 9.17) is 5.11 Å². The van der Waals surface area contributed by atoms with Crippen LogP contribution in [0.15, 0.2) is 0 Å². The Morgan fingerprint density at radius 2 is 2.42 bits per heavy atom. The summed E-state index contributed by atoms with van der Waals surface area (Å²) in [4.78, 5) is 10.6. The van der Waals surface area contributed by atoms with Gasteiger partial charge in [-0.2, -0.15) is 5.10 Å². The molecule has 0 aromatic carbocycles. The molecule has 1 atom stereocenters. The van der Waals surface area contributed by atoms with Crippen LogP contribution in [-0.2, 0) is 6.42 Å². The summed E-state index contributed by atoms with van der Waals surface area (Å²) in [5.41, 5.74) is 1.16. The molecule has 2 rings (SSSR count). The van der Waals surface area contributed by atoms with Gasteiger partial charge >= 0.3 is 5.97 Å². The SMILES string of the molecule is O=C(O)c1n[nH]c2c1C(O)CC2. The van der Waals surface area contributed by atoms with Gasteiger partial charge in [0.25, 0.3) is 0 Å². The van der Waals surface area contributed by atoms with Gasteiger partial charge in [0.2, 0.25) is 0 Å². The number of rotatable bonds is 1. The van der Waals surface area contributed by atoms with Crippen molar-refractivity contribution in [3.8, 4) is 0 Å². The van der Waals surface area contributed by atoms with Gasteiger partial charge in [0.15, 0.2) is 5.69 Å². The molecule has 64 valence electrons. The third kappa shape index (κ3) is 0.831. The Bertz CT molecular complexity index is 331. The molecule has 0 saturated heterocycles. The average molecular weight is 168 g/mol. The topological polar surface area (TPSA) is 86.2 Å². The molecule has 0 radical (unpaired) electrons. The van der Waals surface area contributed by atoms with E-state index in [1.165, 1.54) is 0 Å². The standard InChI is InChI=1S/C7H8N2O3/c10-4-2-1-3-5(4)6(7(11)12)9-8-3/h4,10H,1-2H2,(H,8,9)(H,11,12). The maximum Gasteiger partial charge on any atom is 0.356 e. The second-order valence-electron chi connectivity index (χ2n) is 2.82. The van der Waals surface area contributed by atoms with Gasteiger partial charge in [-0.15, -0.1) is 0 Å². The lowest BCUT2D eigenvalue weighted by molar-refractivity contribution is 0.0683. The van der Waals surface area contributed by atoms with Crippen LogP contribution in [0.3, 0.4) is 0 Å². The predicted molar refractivity (Wildman–Crippen MR) is 38.8 cm³/mol. The van der Waals surface area contributed by atoms with Crippen molar-refractivity contribution >= 4 is 5.97 Å². The number of aromatic carboxylic acids is 1. The minimum atomic E-state index is -1.09. The largest absolute Gasteiger partial charge is 0.476 e. The molecule has 1 aromatic rings. The first-order valence-corrected chi connectivity index (χ1v) is 3.68. The molecule has 0 fully saturated rings. The average Bonchev–Trinajstić information content (AvgIpc) is 2.53. The third-order valence-corrected chi connectivity index (χ3v) is 2.09. The first-order valence-electron chi connectivity index (χ1n) is 3.68. The van der Waals surface area contributed by atoms with Crippen molar-refractivity contribution in [1.82, 2.24) is 10.2 Å². The smallest absolute Gasteiger partial charge is 0.356 e. The lowest BCUT2D eigenvalue weighted by atomic mass is 10.1. The summed E-state index contributed by atoms with van der Waals surface area (Å²) in [6.45, 7) is 0. The van der Waals surface area contributed by atoms with Crippen LogP contribution in [-0.4, -0.2) is 26.4 Å². The summed E-state index contributed by atoms with van der Waals surface area (Å²) >= 11 is 0. The van der Waals surface area contributed by atoms with Crippen molar-refractivity contribution in [1.29, 1.82) is 0 Å². The van der Waals surface area contributed by atoms with E-state index in [9.17, 15) is 9.90 Å². The Morgan fingerprint density at radius 1 is 1.67 bits per heavy atom. The Balaban J connectivity index is 2.53. The van der Waals surface area contributed by atoms with Crippen LogP contribution in [0.1, 0.15) is 34.3 Å². The zero-order chi connectivity index (χ0) is 8.72. The number of hydrogen-bond acceptors (Lipinski definition) is 3. The normalized spacial score (nSPS) is 20.9. The van der Waals surface area contributed by atoms with E-state index >= 15 is 0 Å². The van der Waals surface area contributed by atoms with Gasteiger partial charge in [0.05, 0.1) is 6.10 Å². The number of hydrogen-bond donors (Lipinski definition) is 3. The van der Waals surface area contributed by atoms with Gasteiger partial charge in [-0.3, -0.25) is 5.10 Å². The number of carbonyl (C=O) groups is 1. The number of aromatic amines is 1. The van der Waals surface area contributed by atoms with Crippen molar-refractivity contribution in [2.45, 2.75) is 18.9 Å². The van der Waals surface area contributed by atoms with Crippen LogP contribution in [0.4, 0.5) is 0 Å². The van der Waals surface area contributed by atoms with Crippen LogP contribution in [0, 0.1) is 0 Å². The summed E-state index contributed by atoms with van der Waals surface area (Å²) in [6.07, 6.45) is 0.602. The molecule has 12 heavy (non-hydrogen) atoms. The molecule has 1 aliphatic carbocycles. The van der Waals surface area contributed by atoms with Crippen molar-refractivity contribution in [3.05, 3.63) is 17.0 Å². The number of aliphatic hydroxyl groups excluding tert-OH is 1. The van der Waals surface area contributed by atoms with Crippen LogP contribution >= 0.6 is 0 Å². The van der Waals surface area contributed by atoms with Gasteiger partial charge < -0.3 is 10.2 Å². The highest BCUT2D eigenvalue weighted by molar-refractivity contribution is 5.87. The van der Waals surface area contributed by atoms with Crippen LogP contribution in [0.25, 0.3) is 0 Å². The molecule has 0 saturated carbocycles. The van der Waals surface area contributed by atoms with E-state index in [0.29, 0.717) is 18.4 Å². The molecule has 0 aliphatic heterocycles. The van der Waals surface area contributed by atoms with Gasteiger partial charge in [-0.05, 0) is 12.8 Å². The van der Waals surface area contributed by atoms with E-state index in [-0.39, 0.29) is 5.69 Å². The molecule has 3 N–H and O–H groups in total. The number of nitrogens with zero attached hydrogens (tertiary/aromatic N) is 1. The van der Waals surface area contributed by atoms with Gasteiger partial charge in [-0.1, -0.05) is 0 Å². The number of aliphatic hydroxyl groups is 1. The minimum absolute atomic E-state index is 0.0463. The predicted octanol–water partition coefficient (Wildman–Crippen LogP) is 0.0875. The monoisotopic (exact) mass is 168 g/mol. The summed E-state index contributed by atoms with van der Waals surface area (Å²) in [6, 6.07) is 0. The quantitative estimate of drug-likeness (QED) is 0.554. The van der Waals surface area contributed by atoms with Crippen molar-refractivity contribution < 1.29 is 15.0 Å². The molecule has 1 aliphatic rings. The number of aromatic nitrogens is 2. The second-order valence-corrected chi connectivity index (χ2v) is 2.82. The highest BCUT2D eigenvalue weighted by Crippen LogP contribution is 2.31.